The molecule has 0 unspecified atom stereocenters. The molecule has 1 N–H and O–H groups in total. The second kappa shape index (κ2) is 5.56. The first-order valence-electron chi connectivity index (χ1n) is 6.12. The van der Waals surface area contributed by atoms with Gasteiger partial charge >= 0.3 is 0 Å². The molecule has 5 nitrogen and oxygen atoms in total. The Kier molecular flexibility index (Phi) is 3.85. The quantitative estimate of drug-likeness (QED) is 0.917. The van der Waals surface area contributed by atoms with Gasteiger partial charge in [-0.05, 0) is 38.1 Å². The molecule has 0 atom stereocenters. The minimum Gasteiger partial charge on any atom is -0.459 e. The molecule has 100 valence electrons. The van der Waals surface area contributed by atoms with E-state index in [9.17, 15) is 4.79 Å². The standard InChI is InChI=1S/C14H17N3O2/c1-10(2)16-13-7-6-11(9-15-13)17(3)14(18)12-5-4-8-19-12/h4-10H,1-3H3,(H,15,16). The minimum atomic E-state index is -0.198. The maximum atomic E-state index is 12.1. The number of anilines is 2. The van der Waals surface area contributed by atoms with E-state index in [0.717, 1.165) is 11.5 Å². The Morgan fingerprint density at radius 2 is 2.16 bits per heavy atom. The van der Waals surface area contributed by atoms with Gasteiger partial charge in [0.2, 0.25) is 0 Å². The maximum absolute atomic E-state index is 12.1. The first-order chi connectivity index (χ1) is 9.08. The van der Waals surface area contributed by atoms with E-state index >= 15 is 0 Å². The molecule has 0 saturated carbocycles. The average Bonchev–Trinajstić information content (AvgIpc) is 2.91. The number of aromatic nitrogens is 1. The minimum absolute atomic E-state index is 0.198. The van der Waals surface area contributed by atoms with Crippen molar-refractivity contribution in [2.24, 2.45) is 0 Å². The van der Waals surface area contributed by atoms with Gasteiger partial charge < -0.3 is 14.6 Å². The molecule has 0 aliphatic heterocycles. The molecule has 2 heterocycles. The Morgan fingerprint density at radius 3 is 2.68 bits per heavy atom. The van der Waals surface area contributed by atoms with Crippen LogP contribution in [0.2, 0.25) is 0 Å². The molecule has 0 aliphatic rings. The lowest BCUT2D eigenvalue weighted by molar-refractivity contribution is 0.0966. The van der Waals surface area contributed by atoms with Crippen LogP contribution in [0.25, 0.3) is 0 Å². The second-order valence-corrected chi connectivity index (χ2v) is 4.54. The third-order valence-corrected chi connectivity index (χ3v) is 2.61. The number of nitrogens with one attached hydrogen (secondary N) is 1. The second-order valence-electron chi connectivity index (χ2n) is 4.54. The molecule has 0 bridgehead atoms. The van der Waals surface area contributed by atoms with Gasteiger partial charge in [0.1, 0.15) is 5.82 Å². The van der Waals surface area contributed by atoms with Crippen LogP contribution >= 0.6 is 0 Å². The number of furan rings is 1. The summed E-state index contributed by atoms with van der Waals surface area (Å²) in [5.74, 6) is 0.904. The van der Waals surface area contributed by atoms with Gasteiger partial charge in [-0.3, -0.25) is 4.79 Å². The number of nitrogens with zero attached hydrogens (tertiary/aromatic N) is 2. The summed E-state index contributed by atoms with van der Waals surface area (Å²) < 4.78 is 5.09. The van der Waals surface area contributed by atoms with E-state index in [-0.39, 0.29) is 5.91 Å². The largest absolute Gasteiger partial charge is 0.459 e. The van der Waals surface area contributed by atoms with Crippen LogP contribution in [0.5, 0.6) is 0 Å². The van der Waals surface area contributed by atoms with Crippen LogP contribution in [0.3, 0.4) is 0 Å². The number of carbonyl (C=O) groups excluding carboxylic acids is 1. The van der Waals surface area contributed by atoms with Crippen molar-refractivity contribution >= 4 is 17.4 Å². The van der Waals surface area contributed by atoms with Crippen molar-refractivity contribution < 1.29 is 9.21 Å². The summed E-state index contributed by atoms with van der Waals surface area (Å²) in [4.78, 5) is 17.8. The lowest BCUT2D eigenvalue weighted by Gasteiger charge is -2.16. The summed E-state index contributed by atoms with van der Waals surface area (Å²) in [7, 11) is 1.69. The molecule has 0 spiro atoms. The topological polar surface area (TPSA) is 58.4 Å². The third-order valence-electron chi connectivity index (χ3n) is 2.61. The van der Waals surface area contributed by atoms with E-state index in [1.165, 1.54) is 11.2 Å². The normalized spacial score (nSPS) is 10.5. The number of hydrogen-bond acceptors (Lipinski definition) is 4. The molecule has 0 fully saturated rings. The van der Waals surface area contributed by atoms with Gasteiger partial charge in [-0.25, -0.2) is 4.98 Å². The predicted octanol–water partition coefficient (Wildman–Crippen LogP) is 2.77. The Labute approximate surface area is 112 Å². The van der Waals surface area contributed by atoms with Gasteiger partial charge in [0.05, 0.1) is 18.1 Å². The zero-order valence-corrected chi connectivity index (χ0v) is 11.3. The highest BCUT2D eigenvalue weighted by atomic mass is 16.3. The van der Waals surface area contributed by atoms with E-state index in [2.05, 4.69) is 10.3 Å². The van der Waals surface area contributed by atoms with Crippen LogP contribution in [0.4, 0.5) is 11.5 Å². The van der Waals surface area contributed by atoms with Gasteiger partial charge in [-0.1, -0.05) is 0 Å². The Hall–Kier alpha value is -2.30. The smallest absolute Gasteiger partial charge is 0.293 e. The van der Waals surface area contributed by atoms with Gasteiger partial charge in [0, 0.05) is 13.1 Å². The predicted molar refractivity (Wildman–Crippen MR) is 74.4 cm³/mol. The third kappa shape index (κ3) is 3.13. The fourth-order valence-corrected chi connectivity index (χ4v) is 1.65. The molecule has 0 aliphatic carbocycles. The highest BCUT2D eigenvalue weighted by molar-refractivity contribution is 6.03. The summed E-state index contributed by atoms with van der Waals surface area (Å²) in [6.45, 7) is 4.09. The van der Waals surface area contributed by atoms with Crippen LogP contribution < -0.4 is 10.2 Å². The van der Waals surface area contributed by atoms with Crippen LogP contribution in [0, 0.1) is 0 Å². The van der Waals surface area contributed by atoms with E-state index in [1.54, 1.807) is 25.4 Å². The van der Waals surface area contributed by atoms with Gasteiger partial charge in [-0.15, -0.1) is 0 Å². The fourth-order valence-electron chi connectivity index (χ4n) is 1.65. The van der Waals surface area contributed by atoms with Crippen molar-refractivity contribution in [2.45, 2.75) is 19.9 Å². The van der Waals surface area contributed by atoms with Crippen molar-refractivity contribution in [1.82, 2.24) is 4.98 Å². The molecule has 5 heteroatoms. The van der Waals surface area contributed by atoms with Crippen molar-refractivity contribution in [1.29, 1.82) is 0 Å². The zero-order chi connectivity index (χ0) is 13.8. The Morgan fingerprint density at radius 1 is 1.37 bits per heavy atom. The summed E-state index contributed by atoms with van der Waals surface area (Å²) in [6.07, 6.45) is 3.14. The number of carbonyl (C=O) groups is 1. The summed E-state index contributed by atoms with van der Waals surface area (Å²) in [5, 5.41) is 3.19. The molecule has 0 radical (unpaired) electrons. The highest BCUT2D eigenvalue weighted by Gasteiger charge is 2.16. The summed E-state index contributed by atoms with van der Waals surface area (Å²) in [6, 6.07) is 7.34. The number of hydrogen-bond donors (Lipinski definition) is 1. The van der Waals surface area contributed by atoms with Crippen LogP contribution in [0.15, 0.2) is 41.1 Å². The first-order valence-corrected chi connectivity index (χ1v) is 6.12. The maximum Gasteiger partial charge on any atom is 0.293 e. The van der Waals surface area contributed by atoms with Crippen molar-refractivity contribution in [2.75, 3.05) is 17.3 Å². The van der Waals surface area contributed by atoms with Crippen molar-refractivity contribution in [3.63, 3.8) is 0 Å². The zero-order valence-electron chi connectivity index (χ0n) is 11.3. The number of pyridine rings is 1. The lowest BCUT2D eigenvalue weighted by Crippen LogP contribution is -2.25. The van der Waals surface area contributed by atoms with Crippen LogP contribution in [-0.2, 0) is 0 Å². The van der Waals surface area contributed by atoms with Crippen LogP contribution in [0.1, 0.15) is 24.4 Å². The molecule has 2 aromatic rings. The first kappa shape index (κ1) is 13.1. The van der Waals surface area contributed by atoms with E-state index in [1.807, 2.05) is 26.0 Å². The molecular formula is C14H17N3O2. The van der Waals surface area contributed by atoms with Crippen molar-refractivity contribution in [3.05, 3.63) is 42.5 Å². The number of rotatable bonds is 4. The van der Waals surface area contributed by atoms with E-state index in [0.29, 0.717) is 11.8 Å². The summed E-state index contributed by atoms with van der Waals surface area (Å²) >= 11 is 0. The molecule has 2 rings (SSSR count). The fraction of sp³-hybridized carbons (Fsp3) is 0.286. The highest BCUT2D eigenvalue weighted by Crippen LogP contribution is 2.17. The average molecular weight is 259 g/mol. The van der Waals surface area contributed by atoms with E-state index in [4.69, 9.17) is 4.42 Å². The SMILES string of the molecule is CC(C)Nc1ccc(N(C)C(=O)c2ccco2)cn1. The Bertz CT molecular complexity index is 532. The molecule has 19 heavy (non-hydrogen) atoms. The lowest BCUT2D eigenvalue weighted by atomic mass is 10.3. The van der Waals surface area contributed by atoms with Crippen molar-refractivity contribution in [3.8, 4) is 0 Å². The monoisotopic (exact) mass is 259 g/mol. The molecule has 0 aromatic carbocycles. The number of amides is 1. The van der Waals surface area contributed by atoms with Crippen LogP contribution in [-0.4, -0.2) is 24.0 Å². The molecular weight excluding hydrogens is 242 g/mol. The van der Waals surface area contributed by atoms with E-state index < -0.39 is 0 Å². The van der Waals surface area contributed by atoms with Gasteiger partial charge in [-0.2, -0.15) is 0 Å². The molecule has 0 saturated heterocycles. The van der Waals surface area contributed by atoms with Gasteiger partial charge in [0.25, 0.3) is 5.91 Å². The van der Waals surface area contributed by atoms with Gasteiger partial charge in [0.15, 0.2) is 5.76 Å². The molecule has 1 amide bonds. The molecule has 2 aromatic heterocycles. The summed E-state index contributed by atoms with van der Waals surface area (Å²) in [5.41, 5.74) is 0.718. The Balaban J connectivity index is 2.11.